The average molecular weight is 362 g/mol. The molecular formula is C21H35N3O2. The van der Waals surface area contributed by atoms with Crippen molar-refractivity contribution in [3.05, 3.63) is 35.4 Å². The molecule has 1 aromatic rings. The number of aryl methyl sites for hydroxylation is 1. The zero-order valence-corrected chi connectivity index (χ0v) is 16.6. The Bertz CT molecular complexity index is 531. The fourth-order valence-electron chi connectivity index (χ4n) is 3.22. The molecule has 5 nitrogen and oxygen atoms in total. The first-order valence-corrected chi connectivity index (χ1v) is 9.95. The maximum absolute atomic E-state index is 6.10. The van der Waals surface area contributed by atoms with Gasteiger partial charge in [-0.3, -0.25) is 4.99 Å². The summed E-state index contributed by atoms with van der Waals surface area (Å²) in [6.07, 6.45) is 4.73. The Hall–Kier alpha value is -1.59. The van der Waals surface area contributed by atoms with Crippen molar-refractivity contribution in [1.82, 2.24) is 10.6 Å². The summed E-state index contributed by atoms with van der Waals surface area (Å²) in [5.74, 6) is 1.28. The van der Waals surface area contributed by atoms with E-state index in [1.165, 1.54) is 24.0 Å². The lowest BCUT2D eigenvalue weighted by Gasteiger charge is -2.32. The minimum Gasteiger partial charge on any atom is -0.380 e. The van der Waals surface area contributed by atoms with Crippen LogP contribution in [-0.2, 0) is 9.47 Å². The van der Waals surface area contributed by atoms with Crippen LogP contribution in [0.15, 0.2) is 29.3 Å². The molecule has 0 spiro atoms. The Labute approximate surface area is 158 Å². The second-order valence-electron chi connectivity index (χ2n) is 6.95. The molecule has 1 aliphatic heterocycles. The van der Waals surface area contributed by atoms with E-state index in [9.17, 15) is 0 Å². The second kappa shape index (κ2) is 11.9. The van der Waals surface area contributed by atoms with E-state index in [4.69, 9.17) is 9.47 Å². The van der Waals surface area contributed by atoms with Crippen molar-refractivity contribution in [2.45, 2.75) is 45.6 Å². The Morgan fingerprint density at radius 3 is 2.77 bits per heavy atom. The van der Waals surface area contributed by atoms with Crippen molar-refractivity contribution >= 4 is 5.96 Å². The van der Waals surface area contributed by atoms with E-state index >= 15 is 0 Å². The number of benzene rings is 1. The SMILES string of the molecule is CCCCOCCNC(=NC)NCC1CCCOC1c1ccc(C)cc1. The summed E-state index contributed by atoms with van der Waals surface area (Å²) in [5.41, 5.74) is 2.55. The maximum atomic E-state index is 6.10. The van der Waals surface area contributed by atoms with Crippen LogP contribution in [0.2, 0.25) is 0 Å². The first-order chi connectivity index (χ1) is 12.7. The van der Waals surface area contributed by atoms with Gasteiger partial charge in [-0.25, -0.2) is 0 Å². The Kier molecular flexibility index (Phi) is 9.50. The van der Waals surface area contributed by atoms with Crippen LogP contribution in [-0.4, -0.2) is 45.9 Å². The highest BCUT2D eigenvalue weighted by molar-refractivity contribution is 5.79. The molecule has 0 saturated carbocycles. The number of ether oxygens (including phenoxy) is 2. The highest BCUT2D eigenvalue weighted by Gasteiger charge is 2.27. The van der Waals surface area contributed by atoms with E-state index in [0.717, 1.165) is 45.1 Å². The molecule has 2 N–H and O–H groups in total. The summed E-state index contributed by atoms with van der Waals surface area (Å²) in [6, 6.07) is 8.71. The summed E-state index contributed by atoms with van der Waals surface area (Å²) in [4.78, 5) is 4.31. The molecule has 26 heavy (non-hydrogen) atoms. The van der Waals surface area contributed by atoms with E-state index in [1.807, 2.05) is 7.05 Å². The molecule has 1 fully saturated rings. The standard InChI is InChI=1S/C21H35N3O2/c1-4-5-13-25-15-12-23-21(22-3)24-16-19-7-6-14-26-20(19)18-10-8-17(2)9-11-18/h8-11,19-20H,4-7,12-16H2,1-3H3,(H2,22,23,24). The lowest BCUT2D eigenvalue weighted by atomic mass is 9.89. The van der Waals surface area contributed by atoms with Crippen LogP contribution >= 0.6 is 0 Å². The molecule has 2 unspecified atom stereocenters. The molecule has 1 aromatic carbocycles. The minimum atomic E-state index is 0.160. The van der Waals surface area contributed by atoms with E-state index in [2.05, 4.69) is 53.7 Å². The van der Waals surface area contributed by atoms with Crippen molar-refractivity contribution in [2.75, 3.05) is 40.0 Å². The smallest absolute Gasteiger partial charge is 0.191 e. The second-order valence-corrected chi connectivity index (χ2v) is 6.95. The van der Waals surface area contributed by atoms with Crippen LogP contribution in [0.25, 0.3) is 0 Å². The number of hydrogen-bond acceptors (Lipinski definition) is 3. The first kappa shape index (κ1) is 20.7. The zero-order chi connectivity index (χ0) is 18.6. The van der Waals surface area contributed by atoms with Gasteiger partial charge in [-0.05, 0) is 31.7 Å². The van der Waals surface area contributed by atoms with Crippen molar-refractivity contribution in [1.29, 1.82) is 0 Å². The van der Waals surface area contributed by atoms with Gasteiger partial charge in [0.05, 0.1) is 12.7 Å². The summed E-state index contributed by atoms with van der Waals surface area (Å²) in [7, 11) is 1.81. The van der Waals surface area contributed by atoms with Gasteiger partial charge >= 0.3 is 0 Å². The van der Waals surface area contributed by atoms with Crippen molar-refractivity contribution < 1.29 is 9.47 Å². The van der Waals surface area contributed by atoms with Crippen LogP contribution in [0.3, 0.4) is 0 Å². The Balaban J connectivity index is 1.78. The summed E-state index contributed by atoms with van der Waals surface area (Å²) in [5, 5.41) is 6.78. The minimum absolute atomic E-state index is 0.160. The highest BCUT2D eigenvalue weighted by Crippen LogP contribution is 2.33. The maximum Gasteiger partial charge on any atom is 0.191 e. The predicted molar refractivity (Wildman–Crippen MR) is 108 cm³/mol. The third-order valence-electron chi connectivity index (χ3n) is 4.79. The third-order valence-corrected chi connectivity index (χ3v) is 4.79. The zero-order valence-electron chi connectivity index (χ0n) is 16.6. The van der Waals surface area contributed by atoms with Crippen LogP contribution in [0.1, 0.15) is 49.8 Å². The molecule has 2 atom stereocenters. The number of unbranched alkanes of at least 4 members (excludes halogenated alkanes) is 1. The van der Waals surface area contributed by atoms with Gasteiger partial charge in [0, 0.05) is 39.3 Å². The largest absolute Gasteiger partial charge is 0.380 e. The molecule has 5 heteroatoms. The molecule has 1 heterocycles. The monoisotopic (exact) mass is 361 g/mol. The van der Waals surface area contributed by atoms with Crippen molar-refractivity contribution in [2.24, 2.45) is 10.9 Å². The number of rotatable bonds is 9. The predicted octanol–water partition coefficient (Wildman–Crippen LogP) is 3.44. The summed E-state index contributed by atoms with van der Waals surface area (Å²) < 4.78 is 11.7. The molecule has 1 aliphatic rings. The highest BCUT2D eigenvalue weighted by atomic mass is 16.5. The third kappa shape index (κ3) is 6.96. The van der Waals surface area contributed by atoms with Crippen molar-refractivity contribution in [3.63, 3.8) is 0 Å². The van der Waals surface area contributed by atoms with Crippen LogP contribution in [0.4, 0.5) is 0 Å². The fourth-order valence-corrected chi connectivity index (χ4v) is 3.22. The number of nitrogens with zero attached hydrogens (tertiary/aromatic N) is 1. The van der Waals surface area contributed by atoms with Crippen LogP contribution < -0.4 is 10.6 Å². The van der Waals surface area contributed by atoms with Crippen LogP contribution in [0.5, 0.6) is 0 Å². The van der Waals surface area contributed by atoms with E-state index in [1.54, 1.807) is 0 Å². The average Bonchev–Trinajstić information content (AvgIpc) is 2.68. The molecule has 0 radical (unpaired) electrons. The van der Waals surface area contributed by atoms with Gasteiger partial charge in [0.15, 0.2) is 5.96 Å². The summed E-state index contributed by atoms with van der Waals surface area (Å²) in [6.45, 7) is 8.30. The fraction of sp³-hybridized carbons (Fsp3) is 0.667. The van der Waals surface area contributed by atoms with E-state index in [0.29, 0.717) is 12.5 Å². The van der Waals surface area contributed by atoms with E-state index < -0.39 is 0 Å². The molecule has 1 saturated heterocycles. The van der Waals surface area contributed by atoms with Gasteiger partial charge < -0.3 is 20.1 Å². The summed E-state index contributed by atoms with van der Waals surface area (Å²) >= 11 is 0. The lowest BCUT2D eigenvalue weighted by Crippen LogP contribution is -2.43. The number of guanidine groups is 1. The molecule has 0 bridgehead atoms. The van der Waals surface area contributed by atoms with Crippen LogP contribution in [0, 0.1) is 12.8 Å². The molecule has 0 aromatic heterocycles. The van der Waals surface area contributed by atoms with Gasteiger partial charge in [-0.15, -0.1) is 0 Å². The molecule has 0 amide bonds. The number of hydrogen-bond donors (Lipinski definition) is 2. The van der Waals surface area contributed by atoms with Gasteiger partial charge in [-0.1, -0.05) is 43.2 Å². The Morgan fingerprint density at radius 1 is 1.23 bits per heavy atom. The molecule has 146 valence electrons. The van der Waals surface area contributed by atoms with Gasteiger partial charge in [0.25, 0.3) is 0 Å². The number of nitrogens with one attached hydrogen (secondary N) is 2. The van der Waals surface area contributed by atoms with Gasteiger partial charge in [0.2, 0.25) is 0 Å². The Morgan fingerprint density at radius 2 is 2.04 bits per heavy atom. The normalized spacial score (nSPS) is 20.8. The molecule has 2 rings (SSSR count). The van der Waals surface area contributed by atoms with Crippen molar-refractivity contribution in [3.8, 4) is 0 Å². The molecular weight excluding hydrogens is 326 g/mol. The topological polar surface area (TPSA) is 54.9 Å². The van der Waals surface area contributed by atoms with E-state index in [-0.39, 0.29) is 6.10 Å². The van der Waals surface area contributed by atoms with Gasteiger partial charge in [0.1, 0.15) is 0 Å². The quantitative estimate of drug-likeness (QED) is 0.402. The lowest BCUT2D eigenvalue weighted by molar-refractivity contribution is -0.0265. The first-order valence-electron chi connectivity index (χ1n) is 9.95. The number of aliphatic imine (C=N–C) groups is 1. The molecule has 0 aliphatic carbocycles. The van der Waals surface area contributed by atoms with Gasteiger partial charge in [-0.2, -0.15) is 0 Å².